The molecule has 4 aromatic rings. The van der Waals surface area contributed by atoms with Gasteiger partial charge in [0.05, 0.1) is 6.04 Å². The summed E-state index contributed by atoms with van der Waals surface area (Å²) >= 11 is 0. The van der Waals surface area contributed by atoms with Crippen molar-refractivity contribution in [3.05, 3.63) is 60.2 Å². The van der Waals surface area contributed by atoms with E-state index in [1.54, 1.807) is 7.05 Å². The van der Waals surface area contributed by atoms with Crippen LogP contribution in [0.5, 0.6) is 0 Å². The minimum absolute atomic E-state index is 0.00999. The maximum Gasteiger partial charge on any atom is 0.220 e. The first-order valence-electron chi connectivity index (χ1n) is 10.2. The Bertz CT molecular complexity index is 1170. The van der Waals surface area contributed by atoms with Crippen LogP contribution in [-0.2, 0) is 16.0 Å². The highest BCUT2D eigenvalue weighted by atomic mass is 16.1. The first-order valence-corrected chi connectivity index (χ1v) is 10.2. The third-order valence-corrected chi connectivity index (χ3v) is 5.81. The Hall–Kier alpha value is -2.98. The molecule has 4 heteroatoms. The SMILES string of the molecule is CNC(CNC(=O)CCCc1ccc2ccc3cccc4ccc1c2c34)C(C)=O. The molecule has 29 heavy (non-hydrogen) atoms. The number of carbonyl (C=O) groups excluding carboxylic acids is 2. The second kappa shape index (κ2) is 8.18. The molecule has 0 fully saturated rings. The summed E-state index contributed by atoms with van der Waals surface area (Å²) in [7, 11) is 1.73. The highest BCUT2D eigenvalue weighted by molar-refractivity contribution is 6.23. The lowest BCUT2D eigenvalue weighted by atomic mass is 9.90. The van der Waals surface area contributed by atoms with Crippen LogP contribution in [0.25, 0.3) is 32.3 Å². The quantitative estimate of drug-likeness (QED) is 0.446. The summed E-state index contributed by atoms with van der Waals surface area (Å²) < 4.78 is 0. The Morgan fingerprint density at radius 1 is 0.897 bits per heavy atom. The molecule has 1 amide bonds. The van der Waals surface area contributed by atoms with Gasteiger partial charge in [0.25, 0.3) is 0 Å². The van der Waals surface area contributed by atoms with Gasteiger partial charge in [-0.25, -0.2) is 0 Å². The molecule has 0 aromatic heterocycles. The Kier molecular flexibility index (Phi) is 5.45. The second-order valence-electron chi connectivity index (χ2n) is 7.69. The second-order valence-corrected chi connectivity index (χ2v) is 7.69. The third-order valence-electron chi connectivity index (χ3n) is 5.81. The van der Waals surface area contributed by atoms with E-state index in [-0.39, 0.29) is 17.7 Å². The van der Waals surface area contributed by atoms with Crippen LogP contribution in [0.3, 0.4) is 0 Å². The zero-order chi connectivity index (χ0) is 20.4. The Balaban J connectivity index is 1.49. The summed E-state index contributed by atoms with van der Waals surface area (Å²) in [5.74, 6) is 0.0191. The van der Waals surface area contributed by atoms with Crippen LogP contribution in [0.1, 0.15) is 25.3 Å². The van der Waals surface area contributed by atoms with Gasteiger partial charge in [-0.05, 0) is 64.7 Å². The minimum atomic E-state index is -0.323. The van der Waals surface area contributed by atoms with E-state index in [4.69, 9.17) is 0 Å². The number of aryl methyl sites for hydroxylation is 1. The number of hydrogen-bond acceptors (Lipinski definition) is 3. The summed E-state index contributed by atoms with van der Waals surface area (Å²) in [6, 6.07) is 19.3. The molecule has 2 N–H and O–H groups in total. The fourth-order valence-corrected chi connectivity index (χ4v) is 4.21. The van der Waals surface area contributed by atoms with Crippen LogP contribution in [0, 0.1) is 0 Å². The van der Waals surface area contributed by atoms with Gasteiger partial charge in [0.1, 0.15) is 5.78 Å². The maximum absolute atomic E-state index is 12.2. The van der Waals surface area contributed by atoms with E-state index in [1.165, 1.54) is 44.8 Å². The molecule has 0 aliphatic carbocycles. The van der Waals surface area contributed by atoms with Crippen LogP contribution < -0.4 is 10.6 Å². The van der Waals surface area contributed by atoms with Crippen LogP contribution >= 0.6 is 0 Å². The molecule has 0 aliphatic rings. The van der Waals surface area contributed by atoms with Gasteiger partial charge >= 0.3 is 0 Å². The highest BCUT2D eigenvalue weighted by Crippen LogP contribution is 2.36. The van der Waals surface area contributed by atoms with Crippen molar-refractivity contribution in [2.45, 2.75) is 32.2 Å². The maximum atomic E-state index is 12.2. The van der Waals surface area contributed by atoms with Gasteiger partial charge in [-0.15, -0.1) is 0 Å². The van der Waals surface area contributed by atoms with Crippen LogP contribution in [0.4, 0.5) is 0 Å². The van der Waals surface area contributed by atoms with E-state index >= 15 is 0 Å². The number of benzene rings is 4. The number of Topliss-reactive ketones (excluding diaryl/α,β-unsaturated/α-hetero) is 1. The predicted octanol–water partition coefficient (Wildman–Crippen LogP) is 4.20. The van der Waals surface area contributed by atoms with Crippen molar-refractivity contribution in [1.82, 2.24) is 10.6 Å². The van der Waals surface area contributed by atoms with Crippen LogP contribution in [0.15, 0.2) is 54.6 Å². The van der Waals surface area contributed by atoms with Crippen LogP contribution in [0.2, 0.25) is 0 Å². The van der Waals surface area contributed by atoms with Crippen molar-refractivity contribution in [3.8, 4) is 0 Å². The number of carbonyl (C=O) groups is 2. The van der Waals surface area contributed by atoms with Crippen molar-refractivity contribution >= 4 is 44.0 Å². The van der Waals surface area contributed by atoms with Crippen molar-refractivity contribution in [2.75, 3.05) is 13.6 Å². The van der Waals surface area contributed by atoms with E-state index < -0.39 is 0 Å². The molecule has 0 aliphatic heterocycles. The number of nitrogens with one attached hydrogen (secondary N) is 2. The van der Waals surface area contributed by atoms with Crippen LogP contribution in [-0.4, -0.2) is 31.3 Å². The number of rotatable bonds is 8. The molecule has 4 nitrogen and oxygen atoms in total. The van der Waals surface area contributed by atoms with E-state index in [0.717, 1.165) is 12.8 Å². The molecule has 148 valence electrons. The smallest absolute Gasteiger partial charge is 0.220 e. The van der Waals surface area contributed by atoms with Gasteiger partial charge in [-0.3, -0.25) is 9.59 Å². The molecule has 1 atom stereocenters. The van der Waals surface area contributed by atoms with Gasteiger partial charge < -0.3 is 10.6 Å². The summed E-state index contributed by atoms with van der Waals surface area (Å²) in [4.78, 5) is 23.6. The van der Waals surface area contributed by atoms with E-state index in [9.17, 15) is 9.59 Å². The van der Waals surface area contributed by atoms with Gasteiger partial charge in [0.15, 0.2) is 0 Å². The summed E-state index contributed by atoms with van der Waals surface area (Å²) in [5.41, 5.74) is 1.28. The number of hydrogen-bond donors (Lipinski definition) is 2. The summed E-state index contributed by atoms with van der Waals surface area (Å²) in [6.45, 7) is 1.87. The van der Waals surface area contributed by atoms with Crippen molar-refractivity contribution < 1.29 is 9.59 Å². The predicted molar refractivity (Wildman–Crippen MR) is 120 cm³/mol. The van der Waals surface area contributed by atoms with Gasteiger partial charge in [0, 0.05) is 13.0 Å². The molecular weight excluding hydrogens is 360 g/mol. The average molecular weight is 386 g/mol. The van der Waals surface area contributed by atoms with Gasteiger partial charge in [-0.2, -0.15) is 0 Å². The lowest BCUT2D eigenvalue weighted by Crippen LogP contribution is -2.43. The van der Waals surface area contributed by atoms with Crippen molar-refractivity contribution in [1.29, 1.82) is 0 Å². The molecule has 4 rings (SSSR count). The average Bonchev–Trinajstić information content (AvgIpc) is 2.73. The van der Waals surface area contributed by atoms with Crippen molar-refractivity contribution in [2.24, 2.45) is 0 Å². The van der Waals surface area contributed by atoms with E-state index in [1.807, 2.05) is 0 Å². The zero-order valence-corrected chi connectivity index (χ0v) is 16.9. The zero-order valence-electron chi connectivity index (χ0n) is 16.9. The fraction of sp³-hybridized carbons (Fsp3) is 0.280. The molecule has 0 saturated heterocycles. The minimum Gasteiger partial charge on any atom is -0.354 e. The van der Waals surface area contributed by atoms with Crippen molar-refractivity contribution in [3.63, 3.8) is 0 Å². The normalized spacial score (nSPS) is 12.6. The molecule has 0 saturated carbocycles. The van der Waals surface area contributed by atoms with Gasteiger partial charge in [-0.1, -0.05) is 54.6 Å². The number of amides is 1. The van der Waals surface area contributed by atoms with Gasteiger partial charge in [0.2, 0.25) is 5.91 Å². The number of ketones is 1. The summed E-state index contributed by atoms with van der Waals surface area (Å²) in [5, 5.41) is 13.5. The van der Waals surface area contributed by atoms with E-state index in [0.29, 0.717) is 13.0 Å². The number of likely N-dealkylation sites (N-methyl/N-ethyl adjacent to an activating group) is 1. The topological polar surface area (TPSA) is 58.2 Å². The summed E-state index contributed by atoms with van der Waals surface area (Å²) in [6.07, 6.45) is 2.08. The highest BCUT2D eigenvalue weighted by Gasteiger charge is 2.13. The first kappa shape index (κ1) is 19.3. The molecule has 1 unspecified atom stereocenters. The molecule has 0 bridgehead atoms. The largest absolute Gasteiger partial charge is 0.354 e. The standard InChI is InChI=1S/C25H26N2O2/c1-16(28)22(26-2)15-27-23(29)8-4-5-17-9-10-20-12-11-18-6-3-7-19-13-14-21(17)25(20)24(18)19/h3,6-7,9-14,22,26H,4-5,8,15H2,1-2H3,(H,27,29). The molecular formula is C25H26N2O2. The molecule has 0 heterocycles. The molecule has 0 radical (unpaired) electrons. The first-order chi connectivity index (χ1) is 14.1. The third kappa shape index (κ3) is 3.81. The Morgan fingerprint density at radius 2 is 1.55 bits per heavy atom. The Morgan fingerprint density at radius 3 is 2.24 bits per heavy atom. The molecule has 0 spiro atoms. The van der Waals surface area contributed by atoms with E-state index in [2.05, 4.69) is 65.2 Å². The molecule has 4 aromatic carbocycles. The fourth-order valence-electron chi connectivity index (χ4n) is 4.21. The Labute approximate surface area is 170 Å². The monoisotopic (exact) mass is 386 g/mol. The lowest BCUT2D eigenvalue weighted by Gasteiger charge is -2.15. The lowest BCUT2D eigenvalue weighted by molar-refractivity contribution is -0.122.